The lowest BCUT2D eigenvalue weighted by atomic mass is 9.81. The van der Waals surface area contributed by atoms with Gasteiger partial charge in [-0.05, 0) is 43.9 Å². The first kappa shape index (κ1) is 17.0. The van der Waals surface area contributed by atoms with E-state index in [1.54, 1.807) is 38.4 Å². The molecule has 1 aliphatic carbocycles. The molecule has 1 fully saturated rings. The number of nitrogens with zero attached hydrogens (tertiary/aromatic N) is 1. The molecule has 0 bridgehead atoms. The number of carbonyl (C=O) groups excluding carboxylic acids is 2. The van der Waals surface area contributed by atoms with Crippen LogP contribution in [0.1, 0.15) is 36.0 Å². The van der Waals surface area contributed by atoms with Crippen LogP contribution in [0.15, 0.2) is 24.3 Å². The molecule has 0 saturated heterocycles. The van der Waals surface area contributed by atoms with Crippen LogP contribution >= 0.6 is 0 Å². The summed E-state index contributed by atoms with van der Waals surface area (Å²) in [5.41, 5.74) is 1.10. The summed E-state index contributed by atoms with van der Waals surface area (Å²) < 4.78 is 0. The minimum absolute atomic E-state index is 0.108. The number of amides is 2. The predicted octanol–water partition coefficient (Wildman–Crippen LogP) is 2.22. The van der Waals surface area contributed by atoms with Crippen LogP contribution < -0.4 is 5.32 Å². The van der Waals surface area contributed by atoms with Crippen LogP contribution in [0.4, 0.5) is 5.69 Å². The van der Waals surface area contributed by atoms with Crippen molar-refractivity contribution >= 4 is 23.5 Å². The van der Waals surface area contributed by atoms with Crippen LogP contribution in [0.3, 0.4) is 0 Å². The molecule has 1 aromatic rings. The smallest absolute Gasteiger partial charge is 0.306 e. The van der Waals surface area contributed by atoms with Crippen LogP contribution in [0.25, 0.3) is 0 Å². The Morgan fingerprint density at radius 3 is 2.26 bits per heavy atom. The summed E-state index contributed by atoms with van der Waals surface area (Å²) in [6.07, 6.45) is 2.23. The molecule has 2 amide bonds. The first-order valence-electron chi connectivity index (χ1n) is 7.74. The van der Waals surface area contributed by atoms with Crippen molar-refractivity contribution in [1.29, 1.82) is 0 Å². The zero-order valence-corrected chi connectivity index (χ0v) is 13.4. The monoisotopic (exact) mass is 318 g/mol. The number of hydrogen-bond acceptors (Lipinski definition) is 3. The lowest BCUT2D eigenvalue weighted by molar-refractivity contribution is -0.143. The second kappa shape index (κ2) is 7.26. The summed E-state index contributed by atoms with van der Waals surface area (Å²) in [6.45, 7) is 0. The minimum atomic E-state index is -0.779. The third-order valence-corrected chi connectivity index (χ3v) is 4.23. The predicted molar refractivity (Wildman–Crippen MR) is 86.2 cm³/mol. The normalized spacial score (nSPS) is 20.6. The standard InChI is InChI=1S/C17H22N2O4/c1-19(2)16(21)13-4-3-5-14(10-13)18-15(20)11-6-8-12(9-7-11)17(22)23/h3-5,10-12H,6-9H2,1-2H3,(H,18,20)(H,22,23). The van der Waals surface area contributed by atoms with Gasteiger partial charge < -0.3 is 15.3 Å². The van der Waals surface area contributed by atoms with Crippen LogP contribution in [-0.4, -0.2) is 41.9 Å². The fraction of sp³-hybridized carbons (Fsp3) is 0.471. The summed E-state index contributed by atoms with van der Waals surface area (Å²) in [5, 5.41) is 11.8. The molecule has 0 atom stereocenters. The van der Waals surface area contributed by atoms with Gasteiger partial charge in [-0.1, -0.05) is 6.07 Å². The minimum Gasteiger partial charge on any atom is -0.481 e. The number of hydrogen-bond donors (Lipinski definition) is 2. The van der Waals surface area contributed by atoms with E-state index < -0.39 is 5.97 Å². The number of aliphatic carboxylic acids is 1. The fourth-order valence-electron chi connectivity index (χ4n) is 2.84. The zero-order valence-electron chi connectivity index (χ0n) is 13.4. The summed E-state index contributed by atoms with van der Waals surface area (Å²) in [7, 11) is 3.35. The van der Waals surface area contributed by atoms with E-state index >= 15 is 0 Å². The molecule has 0 unspecified atom stereocenters. The van der Waals surface area contributed by atoms with Crippen LogP contribution in [0.2, 0.25) is 0 Å². The maximum Gasteiger partial charge on any atom is 0.306 e. The van der Waals surface area contributed by atoms with Gasteiger partial charge in [0, 0.05) is 31.3 Å². The van der Waals surface area contributed by atoms with Crippen molar-refractivity contribution in [3.05, 3.63) is 29.8 Å². The molecule has 124 valence electrons. The van der Waals surface area contributed by atoms with E-state index in [0.717, 1.165) is 0 Å². The van der Waals surface area contributed by atoms with Crippen molar-refractivity contribution in [2.75, 3.05) is 19.4 Å². The molecule has 6 nitrogen and oxygen atoms in total. The number of nitrogens with one attached hydrogen (secondary N) is 1. The molecule has 0 spiro atoms. The van der Waals surface area contributed by atoms with Gasteiger partial charge >= 0.3 is 5.97 Å². The van der Waals surface area contributed by atoms with E-state index in [1.807, 2.05) is 0 Å². The van der Waals surface area contributed by atoms with Crippen molar-refractivity contribution in [1.82, 2.24) is 4.90 Å². The molecular weight excluding hydrogens is 296 g/mol. The third-order valence-electron chi connectivity index (χ3n) is 4.23. The van der Waals surface area contributed by atoms with Gasteiger partial charge in [0.25, 0.3) is 5.91 Å². The Hall–Kier alpha value is -2.37. The quantitative estimate of drug-likeness (QED) is 0.891. The topological polar surface area (TPSA) is 86.7 Å². The SMILES string of the molecule is CN(C)C(=O)c1cccc(NC(=O)C2CCC(C(=O)O)CC2)c1. The van der Waals surface area contributed by atoms with E-state index in [1.165, 1.54) is 4.90 Å². The molecule has 0 heterocycles. The van der Waals surface area contributed by atoms with Gasteiger partial charge in [-0.25, -0.2) is 0 Å². The second-order valence-corrected chi connectivity index (χ2v) is 6.16. The highest BCUT2D eigenvalue weighted by molar-refractivity contribution is 5.97. The Labute approximate surface area is 135 Å². The zero-order chi connectivity index (χ0) is 17.0. The second-order valence-electron chi connectivity index (χ2n) is 6.16. The van der Waals surface area contributed by atoms with Crippen molar-refractivity contribution in [3.63, 3.8) is 0 Å². The molecule has 0 aromatic heterocycles. The lowest BCUT2D eigenvalue weighted by Crippen LogP contribution is -2.29. The number of carbonyl (C=O) groups is 3. The van der Waals surface area contributed by atoms with Crippen LogP contribution in [0, 0.1) is 11.8 Å². The average molecular weight is 318 g/mol. The van der Waals surface area contributed by atoms with Gasteiger partial charge in [0.05, 0.1) is 5.92 Å². The largest absolute Gasteiger partial charge is 0.481 e. The number of carboxylic acid groups (broad SMARTS) is 1. The van der Waals surface area contributed by atoms with Crippen LogP contribution in [0.5, 0.6) is 0 Å². The molecule has 6 heteroatoms. The van der Waals surface area contributed by atoms with Crippen molar-refractivity contribution in [2.24, 2.45) is 11.8 Å². The highest BCUT2D eigenvalue weighted by atomic mass is 16.4. The van der Waals surface area contributed by atoms with E-state index in [2.05, 4.69) is 5.32 Å². The Bertz CT molecular complexity index is 604. The van der Waals surface area contributed by atoms with E-state index in [0.29, 0.717) is 36.9 Å². The lowest BCUT2D eigenvalue weighted by Gasteiger charge is -2.25. The van der Waals surface area contributed by atoms with Crippen molar-refractivity contribution in [2.45, 2.75) is 25.7 Å². The molecular formula is C17H22N2O4. The third kappa shape index (κ3) is 4.31. The number of benzene rings is 1. The van der Waals surface area contributed by atoms with E-state index in [4.69, 9.17) is 5.11 Å². The van der Waals surface area contributed by atoms with Gasteiger partial charge in [0.15, 0.2) is 0 Å². The molecule has 0 radical (unpaired) electrons. The molecule has 1 aliphatic rings. The van der Waals surface area contributed by atoms with Crippen LogP contribution in [-0.2, 0) is 9.59 Å². The maximum atomic E-state index is 12.3. The van der Waals surface area contributed by atoms with Gasteiger partial charge in [-0.3, -0.25) is 14.4 Å². The Morgan fingerprint density at radius 1 is 1.09 bits per heavy atom. The van der Waals surface area contributed by atoms with Gasteiger partial charge in [0.2, 0.25) is 5.91 Å². The highest BCUT2D eigenvalue weighted by Gasteiger charge is 2.29. The van der Waals surface area contributed by atoms with Gasteiger partial charge in [0.1, 0.15) is 0 Å². The maximum absolute atomic E-state index is 12.3. The summed E-state index contributed by atoms with van der Waals surface area (Å²) in [5.74, 6) is -1.51. The average Bonchev–Trinajstić information content (AvgIpc) is 2.54. The van der Waals surface area contributed by atoms with E-state index in [9.17, 15) is 14.4 Å². The first-order valence-corrected chi connectivity index (χ1v) is 7.74. The fourth-order valence-corrected chi connectivity index (χ4v) is 2.84. The molecule has 1 saturated carbocycles. The number of carboxylic acids is 1. The first-order chi connectivity index (χ1) is 10.9. The van der Waals surface area contributed by atoms with Gasteiger partial charge in [-0.2, -0.15) is 0 Å². The molecule has 0 aliphatic heterocycles. The Kier molecular flexibility index (Phi) is 5.36. The van der Waals surface area contributed by atoms with E-state index in [-0.39, 0.29) is 23.7 Å². The van der Waals surface area contributed by atoms with Gasteiger partial charge in [-0.15, -0.1) is 0 Å². The highest BCUT2D eigenvalue weighted by Crippen LogP contribution is 2.29. The van der Waals surface area contributed by atoms with Crippen molar-refractivity contribution < 1.29 is 19.5 Å². The number of anilines is 1. The Balaban J connectivity index is 1.97. The Morgan fingerprint density at radius 2 is 1.70 bits per heavy atom. The molecule has 23 heavy (non-hydrogen) atoms. The molecule has 2 rings (SSSR count). The number of rotatable bonds is 4. The summed E-state index contributed by atoms with van der Waals surface area (Å²) in [4.78, 5) is 36.7. The molecule has 2 N–H and O–H groups in total. The molecule has 1 aromatic carbocycles. The van der Waals surface area contributed by atoms with Crippen molar-refractivity contribution in [3.8, 4) is 0 Å². The summed E-state index contributed by atoms with van der Waals surface area (Å²) >= 11 is 0. The summed E-state index contributed by atoms with van der Waals surface area (Å²) in [6, 6.07) is 6.83.